The Balaban J connectivity index is 1.50. The van der Waals surface area contributed by atoms with E-state index in [2.05, 4.69) is 47.2 Å². The second kappa shape index (κ2) is 9.43. The molecule has 0 aliphatic heterocycles. The number of nitrogen functional groups attached to an aromatic ring is 1. The van der Waals surface area contributed by atoms with Crippen LogP contribution in [0.5, 0.6) is 5.75 Å². The third kappa shape index (κ3) is 5.10. The summed E-state index contributed by atoms with van der Waals surface area (Å²) in [7, 11) is 1.61. The van der Waals surface area contributed by atoms with Gasteiger partial charge in [0.1, 0.15) is 17.4 Å². The summed E-state index contributed by atoms with van der Waals surface area (Å²) in [4.78, 5) is 12.9. The number of nitrogens with zero attached hydrogens (tertiary/aromatic N) is 6. The summed E-state index contributed by atoms with van der Waals surface area (Å²) in [6, 6.07) is 17.7. The number of rotatable bonds is 8. The van der Waals surface area contributed by atoms with E-state index in [0.717, 1.165) is 16.7 Å². The molecule has 10 heteroatoms. The van der Waals surface area contributed by atoms with Gasteiger partial charge in [0.05, 0.1) is 25.1 Å². The fraction of sp³-hybridized carbons (Fsp3) is 0.190. The molecule has 0 radical (unpaired) electrons. The van der Waals surface area contributed by atoms with E-state index in [1.165, 1.54) is 17.3 Å². The zero-order valence-corrected chi connectivity index (χ0v) is 18.0. The number of hydrogen-bond acceptors (Lipinski definition) is 9. The Morgan fingerprint density at radius 1 is 1.00 bits per heavy atom. The first-order valence-electron chi connectivity index (χ1n) is 9.59. The molecule has 2 aromatic carbocycles. The molecule has 9 nitrogen and oxygen atoms in total. The highest BCUT2D eigenvalue weighted by molar-refractivity contribution is 7.98. The number of aryl methyl sites for hydroxylation is 1. The van der Waals surface area contributed by atoms with E-state index >= 15 is 0 Å². The number of hydrogen-bond donors (Lipinski definition) is 2. The van der Waals surface area contributed by atoms with Crippen LogP contribution in [0.15, 0.2) is 59.8 Å². The molecule has 31 heavy (non-hydrogen) atoms. The van der Waals surface area contributed by atoms with E-state index in [0.29, 0.717) is 29.8 Å². The molecule has 0 aliphatic carbocycles. The monoisotopic (exact) mass is 434 g/mol. The van der Waals surface area contributed by atoms with E-state index in [1.54, 1.807) is 7.11 Å². The maximum absolute atomic E-state index is 5.91. The number of benzene rings is 2. The van der Waals surface area contributed by atoms with Crippen molar-refractivity contribution in [1.29, 1.82) is 0 Å². The molecule has 0 saturated carbocycles. The van der Waals surface area contributed by atoms with Crippen LogP contribution in [0.4, 0.5) is 17.6 Å². The van der Waals surface area contributed by atoms with Crippen molar-refractivity contribution in [2.45, 2.75) is 24.4 Å². The molecule has 3 N–H and O–H groups in total. The van der Waals surface area contributed by atoms with Crippen LogP contribution >= 0.6 is 11.8 Å². The van der Waals surface area contributed by atoms with Crippen LogP contribution < -0.4 is 15.8 Å². The predicted molar refractivity (Wildman–Crippen MR) is 120 cm³/mol. The first kappa shape index (κ1) is 20.6. The van der Waals surface area contributed by atoms with Crippen molar-refractivity contribution in [1.82, 2.24) is 29.7 Å². The fourth-order valence-corrected chi connectivity index (χ4v) is 3.81. The van der Waals surface area contributed by atoms with Crippen LogP contribution in [-0.2, 0) is 12.3 Å². The normalized spacial score (nSPS) is 10.8. The molecule has 0 spiro atoms. The van der Waals surface area contributed by atoms with Crippen LogP contribution in [0.3, 0.4) is 0 Å². The summed E-state index contributed by atoms with van der Waals surface area (Å²) in [5.41, 5.74) is 7.84. The number of anilines is 3. The van der Waals surface area contributed by atoms with Crippen molar-refractivity contribution in [2.75, 3.05) is 18.2 Å². The number of ether oxygens (including phenoxy) is 1. The van der Waals surface area contributed by atoms with Crippen molar-refractivity contribution >= 4 is 29.3 Å². The van der Waals surface area contributed by atoms with Gasteiger partial charge >= 0.3 is 0 Å². The Kier molecular flexibility index (Phi) is 6.27. The lowest BCUT2D eigenvalue weighted by Gasteiger charge is -2.11. The molecule has 0 atom stereocenters. The molecule has 0 unspecified atom stereocenters. The van der Waals surface area contributed by atoms with E-state index in [9.17, 15) is 0 Å². The van der Waals surface area contributed by atoms with Gasteiger partial charge in [-0.15, -0.1) is 10.2 Å². The summed E-state index contributed by atoms with van der Waals surface area (Å²) in [6.07, 6.45) is 0. The minimum Gasteiger partial charge on any atom is -0.495 e. The first-order chi connectivity index (χ1) is 15.1. The zero-order valence-electron chi connectivity index (χ0n) is 17.2. The summed E-state index contributed by atoms with van der Waals surface area (Å²) in [5, 5.41) is 12.5. The smallest absolute Gasteiger partial charge is 0.232 e. The van der Waals surface area contributed by atoms with Gasteiger partial charge < -0.3 is 20.4 Å². The summed E-state index contributed by atoms with van der Waals surface area (Å²) in [5.74, 6) is 3.04. The molecule has 0 fully saturated rings. The third-order valence-electron chi connectivity index (χ3n) is 4.47. The highest BCUT2D eigenvalue weighted by atomic mass is 32.2. The number of aromatic nitrogens is 6. The highest BCUT2D eigenvalue weighted by Gasteiger charge is 2.13. The van der Waals surface area contributed by atoms with E-state index in [4.69, 9.17) is 10.5 Å². The van der Waals surface area contributed by atoms with Crippen molar-refractivity contribution < 1.29 is 4.74 Å². The Morgan fingerprint density at radius 2 is 1.77 bits per heavy atom. The van der Waals surface area contributed by atoms with Gasteiger partial charge in [-0.05, 0) is 24.6 Å². The van der Waals surface area contributed by atoms with Gasteiger partial charge in [0.2, 0.25) is 11.9 Å². The Bertz CT molecular complexity index is 1170. The number of nitrogens with one attached hydrogen (secondary N) is 1. The number of thioether (sulfide) groups is 1. The maximum Gasteiger partial charge on any atom is 0.232 e. The van der Waals surface area contributed by atoms with E-state index in [1.807, 2.05) is 49.4 Å². The third-order valence-corrected chi connectivity index (χ3v) is 5.43. The standard InChI is InChI=1S/C21H22N8OS/c1-14-27-28-21(29(14)12-15-8-4-3-5-9-15)31-13-18-24-19(22)26-20(25-18)23-16-10-6-7-11-17(16)30-2/h3-11H,12-13H2,1-2H3,(H3,22,23,24,25,26). The summed E-state index contributed by atoms with van der Waals surface area (Å²) >= 11 is 1.50. The molecule has 4 rings (SSSR count). The quantitative estimate of drug-likeness (QED) is 0.402. The average Bonchev–Trinajstić information content (AvgIpc) is 3.12. The lowest BCUT2D eigenvalue weighted by molar-refractivity contribution is 0.417. The van der Waals surface area contributed by atoms with Gasteiger partial charge in [-0.25, -0.2) is 0 Å². The van der Waals surface area contributed by atoms with Crippen LogP contribution in [0, 0.1) is 6.92 Å². The van der Waals surface area contributed by atoms with Crippen LogP contribution in [0.25, 0.3) is 0 Å². The fourth-order valence-electron chi connectivity index (χ4n) is 2.97. The minimum atomic E-state index is 0.143. The molecule has 0 aliphatic rings. The predicted octanol–water partition coefficient (Wildman–Crippen LogP) is 3.45. The SMILES string of the molecule is COc1ccccc1Nc1nc(N)nc(CSc2nnc(C)n2Cc2ccccc2)n1. The first-order valence-corrected chi connectivity index (χ1v) is 10.6. The largest absolute Gasteiger partial charge is 0.495 e. The highest BCUT2D eigenvalue weighted by Crippen LogP contribution is 2.26. The van der Waals surface area contributed by atoms with Crippen molar-refractivity contribution in [2.24, 2.45) is 0 Å². The minimum absolute atomic E-state index is 0.143. The van der Waals surface area contributed by atoms with Crippen molar-refractivity contribution in [3.05, 3.63) is 71.8 Å². The number of nitrogens with two attached hydrogens (primary N) is 1. The summed E-state index contributed by atoms with van der Waals surface area (Å²) < 4.78 is 7.43. The number of methoxy groups -OCH3 is 1. The second-order valence-electron chi connectivity index (χ2n) is 6.65. The van der Waals surface area contributed by atoms with Gasteiger partial charge in [-0.1, -0.05) is 54.2 Å². The van der Waals surface area contributed by atoms with E-state index < -0.39 is 0 Å². The molecular formula is C21H22N8OS. The molecule has 0 bridgehead atoms. The zero-order chi connectivity index (χ0) is 21.6. The van der Waals surface area contributed by atoms with Crippen molar-refractivity contribution in [3.63, 3.8) is 0 Å². The van der Waals surface area contributed by atoms with Gasteiger partial charge in [-0.2, -0.15) is 15.0 Å². The van der Waals surface area contributed by atoms with Gasteiger partial charge in [-0.3, -0.25) is 0 Å². The number of para-hydroxylation sites is 2. The molecule has 2 aromatic heterocycles. The topological polar surface area (TPSA) is 117 Å². The Hall–Kier alpha value is -3.66. The molecular weight excluding hydrogens is 412 g/mol. The van der Waals surface area contributed by atoms with E-state index in [-0.39, 0.29) is 5.95 Å². The lowest BCUT2D eigenvalue weighted by Crippen LogP contribution is -2.08. The van der Waals surface area contributed by atoms with Crippen molar-refractivity contribution in [3.8, 4) is 5.75 Å². The Morgan fingerprint density at radius 3 is 2.58 bits per heavy atom. The Labute approximate surface area is 184 Å². The van der Waals surface area contributed by atoms with Crippen LogP contribution in [0.1, 0.15) is 17.2 Å². The van der Waals surface area contributed by atoms with Gasteiger partial charge in [0.15, 0.2) is 5.16 Å². The molecule has 158 valence electrons. The maximum atomic E-state index is 5.91. The average molecular weight is 435 g/mol. The molecule has 4 aromatic rings. The van der Waals surface area contributed by atoms with Crippen LogP contribution in [0.2, 0.25) is 0 Å². The molecule has 2 heterocycles. The molecule has 0 saturated heterocycles. The molecule has 0 amide bonds. The van der Waals surface area contributed by atoms with Gasteiger partial charge in [0, 0.05) is 0 Å². The second-order valence-corrected chi connectivity index (χ2v) is 7.59. The van der Waals surface area contributed by atoms with Gasteiger partial charge in [0.25, 0.3) is 0 Å². The lowest BCUT2D eigenvalue weighted by atomic mass is 10.2. The van der Waals surface area contributed by atoms with Crippen LogP contribution in [-0.4, -0.2) is 36.8 Å². The summed E-state index contributed by atoms with van der Waals surface area (Å²) in [6.45, 7) is 2.64.